The number of hydrogen-bond acceptors (Lipinski definition) is 6. The van der Waals surface area contributed by atoms with Crippen LogP contribution >= 0.6 is 0 Å². The molecule has 8 heteroatoms. The third kappa shape index (κ3) is 3.08. The Hall–Kier alpha value is -3.29. The van der Waals surface area contributed by atoms with Gasteiger partial charge >= 0.3 is 0 Å². The van der Waals surface area contributed by atoms with Crippen LogP contribution in [-0.4, -0.2) is 47.4 Å². The molecule has 0 amide bonds. The van der Waals surface area contributed by atoms with E-state index in [0.717, 1.165) is 60.0 Å². The number of imidazole rings is 1. The van der Waals surface area contributed by atoms with Gasteiger partial charge in [-0.05, 0) is 45.2 Å². The van der Waals surface area contributed by atoms with E-state index in [-0.39, 0.29) is 0 Å². The van der Waals surface area contributed by atoms with Crippen LogP contribution in [0.25, 0.3) is 16.9 Å². The average molecular weight is 415 g/mol. The van der Waals surface area contributed by atoms with Crippen molar-refractivity contribution in [3.05, 3.63) is 53.5 Å². The summed E-state index contributed by atoms with van der Waals surface area (Å²) >= 11 is 0. The Balaban J connectivity index is 1.40. The van der Waals surface area contributed by atoms with Gasteiger partial charge in [0.15, 0.2) is 5.82 Å². The van der Waals surface area contributed by atoms with E-state index in [1.165, 1.54) is 18.4 Å². The second-order valence-electron chi connectivity index (χ2n) is 8.73. The summed E-state index contributed by atoms with van der Waals surface area (Å²) in [7, 11) is 2.11. The predicted molar refractivity (Wildman–Crippen MR) is 119 cm³/mol. The fraction of sp³-hybridized carbons (Fsp3) is 0.435. The van der Waals surface area contributed by atoms with E-state index in [0.29, 0.717) is 11.8 Å². The number of benzene rings is 1. The van der Waals surface area contributed by atoms with Crippen LogP contribution in [-0.2, 0) is 7.05 Å². The minimum Gasteiger partial charge on any atom is -0.341 e. The summed E-state index contributed by atoms with van der Waals surface area (Å²) in [6.45, 7) is 5.90. The van der Waals surface area contributed by atoms with Crippen LogP contribution in [0.5, 0.6) is 0 Å². The molecule has 2 aliphatic rings. The molecule has 158 valence electrons. The SMILES string of the molecule is Cc1nc(C)n(-c2cc([C@@H]3C[C@H]3c3nc4ccccc4n3C)nc(N3CCCC3)n2)n1. The van der Waals surface area contributed by atoms with Gasteiger partial charge in [-0.25, -0.2) is 15.0 Å². The number of anilines is 1. The van der Waals surface area contributed by atoms with Gasteiger partial charge in [0, 0.05) is 38.0 Å². The number of para-hydroxylation sites is 2. The van der Waals surface area contributed by atoms with E-state index in [9.17, 15) is 0 Å². The Morgan fingerprint density at radius 1 is 0.935 bits per heavy atom. The van der Waals surface area contributed by atoms with Crippen molar-refractivity contribution in [3.8, 4) is 5.82 Å². The molecular weight excluding hydrogens is 388 g/mol. The van der Waals surface area contributed by atoms with Crippen molar-refractivity contribution in [1.29, 1.82) is 0 Å². The normalized spacial score (nSPS) is 20.7. The maximum atomic E-state index is 5.01. The van der Waals surface area contributed by atoms with Crippen LogP contribution in [0.2, 0.25) is 0 Å². The van der Waals surface area contributed by atoms with Crippen molar-refractivity contribution in [1.82, 2.24) is 34.3 Å². The molecule has 2 atom stereocenters. The molecule has 31 heavy (non-hydrogen) atoms. The second kappa shape index (κ2) is 6.87. The molecule has 0 bridgehead atoms. The highest BCUT2D eigenvalue weighted by molar-refractivity contribution is 5.76. The molecule has 0 spiro atoms. The Kier molecular flexibility index (Phi) is 4.09. The number of aromatic nitrogens is 7. The van der Waals surface area contributed by atoms with E-state index < -0.39 is 0 Å². The van der Waals surface area contributed by atoms with E-state index >= 15 is 0 Å². The smallest absolute Gasteiger partial charge is 0.227 e. The summed E-state index contributed by atoms with van der Waals surface area (Å²) in [5.41, 5.74) is 3.31. The maximum absolute atomic E-state index is 5.01. The number of fused-ring (bicyclic) bond motifs is 1. The van der Waals surface area contributed by atoms with Gasteiger partial charge in [0.1, 0.15) is 17.5 Å². The lowest BCUT2D eigenvalue weighted by Gasteiger charge is -2.17. The minimum absolute atomic E-state index is 0.350. The Morgan fingerprint density at radius 2 is 1.74 bits per heavy atom. The quantitative estimate of drug-likeness (QED) is 0.509. The van der Waals surface area contributed by atoms with Crippen molar-refractivity contribution < 1.29 is 0 Å². The zero-order valence-electron chi connectivity index (χ0n) is 18.2. The van der Waals surface area contributed by atoms with Crippen LogP contribution in [0.3, 0.4) is 0 Å². The highest BCUT2D eigenvalue weighted by Gasteiger charge is 2.44. The van der Waals surface area contributed by atoms with Crippen LogP contribution in [0.15, 0.2) is 30.3 Å². The van der Waals surface area contributed by atoms with Gasteiger partial charge in [0.25, 0.3) is 0 Å². The fourth-order valence-electron chi connectivity index (χ4n) is 4.84. The number of hydrogen-bond donors (Lipinski definition) is 0. The third-order valence-electron chi connectivity index (χ3n) is 6.53. The van der Waals surface area contributed by atoms with E-state index in [4.69, 9.17) is 15.0 Å². The summed E-state index contributed by atoms with van der Waals surface area (Å²) in [6.07, 6.45) is 3.44. The lowest BCUT2D eigenvalue weighted by Crippen LogP contribution is -2.22. The first kappa shape index (κ1) is 18.5. The van der Waals surface area contributed by atoms with Crippen molar-refractivity contribution in [3.63, 3.8) is 0 Å². The standard InChI is InChI=1S/C23H26N8/c1-14-24-15(2)31(28-14)21-13-19(26-23(27-21)30-10-6-7-11-30)16-12-17(16)22-25-18-8-4-5-9-20(18)29(22)3/h4-5,8-9,13,16-17H,6-7,10-12H2,1-3H3/t16-,17-/m1/s1. The van der Waals surface area contributed by atoms with E-state index in [2.05, 4.69) is 50.9 Å². The van der Waals surface area contributed by atoms with Crippen LogP contribution in [0, 0.1) is 13.8 Å². The summed E-state index contributed by atoms with van der Waals surface area (Å²) in [6, 6.07) is 10.4. The predicted octanol–water partition coefficient (Wildman–Crippen LogP) is 3.43. The van der Waals surface area contributed by atoms with Gasteiger partial charge in [0.2, 0.25) is 5.95 Å². The van der Waals surface area contributed by atoms with Gasteiger partial charge in [-0.1, -0.05) is 12.1 Å². The molecule has 6 rings (SSSR count). The van der Waals surface area contributed by atoms with E-state index in [1.54, 1.807) is 0 Å². The van der Waals surface area contributed by atoms with Crippen molar-refractivity contribution >= 4 is 17.0 Å². The fourth-order valence-corrected chi connectivity index (χ4v) is 4.84. The topological polar surface area (TPSA) is 77.5 Å². The summed E-state index contributed by atoms with van der Waals surface area (Å²) < 4.78 is 4.07. The van der Waals surface area contributed by atoms with Gasteiger partial charge in [0.05, 0.1) is 16.7 Å². The van der Waals surface area contributed by atoms with Gasteiger partial charge in [-0.15, -0.1) is 5.10 Å². The van der Waals surface area contributed by atoms with Gasteiger partial charge in [-0.3, -0.25) is 0 Å². The Labute approximate surface area is 181 Å². The van der Waals surface area contributed by atoms with Crippen molar-refractivity contribution in [2.24, 2.45) is 7.05 Å². The Morgan fingerprint density at radius 3 is 2.48 bits per heavy atom. The molecule has 1 aliphatic carbocycles. The first-order valence-electron chi connectivity index (χ1n) is 11.0. The zero-order chi connectivity index (χ0) is 21.1. The monoisotopic (exact) mass is 414 g/mol. The lowest BCUT2D eigenvalue weighted by atomic mass is 10.2. The molecule has 3 aromatic heterocycles. The van der Waals surface area contributed by atoms with Gasteiger partial charge < -0.3 is 9.47 Å². The molecular formula is C23H26N8. The summed E-state index contributed by atoms with van der Waals surface area (Å²) in [5.74, 6) is 5.09. The average Bonchev–Trinajstić information content (AvgIpc) is 3.08. The summed E-state index contributed by atoms with van der Waals surface area (Å²) in [4.78, 5) is 21.6. The van der Waals surface area contributed by atoms with Crippen molar-refractivity contribution in [2.45, 2.75) is 44.9 Å². The summed E-state index contributed by atoms with van der Waals surface area (Å²) in [5, 5.41) is 4.57. The van der Waals surface area contributed by atoms with Crippen LogP contribution in [0.1, 0.15) is 54.3 Å². The maximum Gasteiger partial charge on any atom is 0.227 e. The molecule has 0 radical (unpaired) electrons. The molecule has 4 aromatic rings. The highest BCUT2D eigenvalue weighted by atomic mass is 15.4. The zero-order valence-corrected chi connectivity index (χ0v) is 18.2. The number of aryl methyl sites for hydroxylation is 3. The first-order chi connectivity index (χ1) is 15.1. The number of nitrogens with zero attached hydrogens (tertiary/aromatic N) is 8. The minimum atomic E-state index is 0.350. The molecule has 0 unspecified atom stereocenters. The third-order valence-corrected chi connectivity index (χ3v) is 6.53. The van der Waals surface area contributed by atoms with E-state index in [1.807, 2.05) is 24.6 Å². The Bertz CT molecular complexity index is 1280. The molecule has 2 fully saturated rings. The molecule has 4 heterocycles. The molecule has 1 saturated carbocycles. The largest absolute Gasteiger partial charge is 0.341 e. The first-order valence-corrected chi connectivity index (χ1v) is 11.0. The molecule has 1 aliphatic heterocycles. The van der Waals surface area contributed by atoms with Crippen LogP contribution < -0.4 is 4.90 Å². The van der Waals surface area contributed by atoms with Crippen molar-refractivity contribution in [2.75, 3.05) is 18.0 Å². The van der Waals surface area contributed by atoms with Gasteiger partial charge in [-0.2, -0.15) is 9.67 Å². The second-order valence-corrected chi connectivity index (χ2v) is 8.73. The molecule has 1 aromatic carbocycles. The molecule has 8 nitrogen and oxygen atoms in total. The molecule has 0 N–H and O–H groups in total. The molecule has 1 saturated heterocycles. The highest BCUT2D eigenvalue weighted by Crippen LogP contribution is 2.54. The number of rotatable bonds is 4. The lowest BCUT2D eigenvalue weighted by molar-refractivity contribution is 0.766. The van der Waals surface area contributed by atoms with Crippen LogP contribution in [0.4, 0.5) is 5.95 Å².